The lowest BCUT2D eigenvalue weighted by Crippen LogP contribution is -2.49. The van der Waals surface area contributed by atoms with Crippen molar-refractivity contribution >= 4 is 17.7 Å². The summed E-state index contributed by atoms with van der Waals surface area (Å²) in [6, 6.07) is 4.96. The number of nitrogens with zero attached hydrogens (tertiary/aromatic N) is 1. The zero-order chi connectivity index (χ0) is 14.8. The Morgan fingerprint density at radius 2 is 2.29 bits per heavy atom. The molecule has 0 amide bonds. The van der Waals surface area contributed by atoms with Crippen LogP contribution in [0.5, 0.6) is 0 Å². The van der Waals surface area contributed by atoms with Gasteiger partial charge in [0.2, 0.25) is 0 Å². The van der Waals surface area contributed by atoms with E-state index in [4.69, 9.17) is 9.84 Å². The Kier molecular flexibility index (Phi) is 3.92. The van der Waals surface area contributed by atoms with Gasteiger partial charge >= 0.3 is 5.97 Å². The summed E-state index contributed by atoms with van der Waals surface area (Å²) >= 11 is 0. The fourth-order valence-corrected chi connectivity index (χ4v) is 3.33. The monoisotopic (exact) mass is 291 g/mol. The quantitative estimate of drug-likeness (QED) is 0.870. The highest BCUT2D eigenvalue weighted by atomic mass is 19.1. The molecular weight excluding hydrogens is 273 g/mol. The third-order valence-corrected chi connectivity index (χ3v) is 4.19. The predicted molar refractivity (Wildman–Crippen MR) is 77.8 cm³/mol. The number of carboxylic acids is 1. The smallest absolute Gasteiger partial charge is 0.328 e. The van der Waals surface area contributed by atoms with E-state index in [2.05, 4.69) is 4.90 Å². The average Bonchev–Trinajstić information content (AvgIpc) is 2.93. The van der Waals surface area contributed by atoms with Gasteiger partial charge in [-0.25, -0.2) is 9.18 Å². The highest BCUT2D eigenvalue weighted by Crippen LogP contribution is 2.36. The van der Waals surface area contributed by atoms with Crippen molar-refractivity contribution in [2.45, 2.75) is 31.4 Å². The lowest BCUT2D eigenvalue weighted by atomic mass is 10.1. The zero-order valence-corrected chi connectivity index (χ0v) is 11.7. The van der Waals surface area contributed by atoms with Crippen LogP contribution in [0.3, 0.4) is 0 Å². The van der Waals surface area contributed by atoms with E-state index in [0.29, 0.717) is 24.4 Å². The third-order valence-electron chi connectivity index (χ3n) is 4.19. The molecule has 2 unspecified atom stereocenters. The average molecular weight is 291 g/mol. The number of hydrogen-bond acceptors (Lipinski definition) is 3. The van der Waals surface area contributed by atoms with E-state index in [9.17, 15) is 9.18 Å². The van der Waals surface area contributed by atoms with E-state index in [-0.39, 0.29) is 18.0 Å². The molecule has 5 heteroatoms. The van der Waals surface area contributed by atoms with Gasteiger partial charge in [-0.2, -0.15) is 0 Å². The second kappa shape index (κ2) is 5.85. The van der Waals surface area contributed by atoms with Crippen LogP contribution in [0.25, 0.3) is 6.08 Å². The van der Waals surface area contributed by atoms with E-state index in [0.717, 1.165) is 25.3 Å². The van der Waals surface area contributed by atoms with Crippen LogP contribution >= 0.6 is 0 Å². The molecule has 1 aliphatic heterocycles. The van der Waals surface area contributed by atoms with Gasteiger partial charge in [-0.3, -0.25) is 0 Å². The maximum absolute atomic E-state index is 14.4. The van der Waals surface area contributed by atoms with E-state index < -0.39 is 5.97 Å². The Balaban J connectivity index is 1.98. The number of rotatable bonds is 3. The first-order chi connectivity index (χ1) is 10.2. The van der Waals surface area contributed by atoms with Crippen molar-refractivity contribution in [1.29, 1.82) is 0 Å². The van der Waals surface area contributed by atoms with Crippen LogP contribution < -0.4 is 4.90 Å². The van der Waals surface area contributed by atoms with Gasteiger partial charge in [-0.05, 0) is 31.4 Å². The minimum Gasteiger partial charge on any atom is -0.478 e. The molecule has 1 aromatic carbocycles. The number of fused-ring (bicyclic) bond motifs is 1. The molecule has 112 valence electrons. The van der Waals surface area contributed by atoms with Crippen LogP contribution in [0.1, 0.15) is 24.8 Å². The highest BCUT2D eigenvalue weighted by Gasteiger charge is 2.37. The molecule has 0 radical (unpaired) electrons. The molecule has 1 heterocycles. The maximum atomic E-state index is 14.4. The summed E-state index contributed by atoms with van der Waals surface area (Å²) in [7, 11) is 0. The molecular formula is C16H18FNO3. The Labute approximate surface area is 122 Å². The number of hydrogen-bond donors (Lipinski definition) is 1. The Hall–Kier alpha value is -1.88. The fourth-order valence-electron chi connectivity index (χ4n) is 3.33. The molecule has 1 aliphatic carbocycles. The lowest BCUT2D eigenvalue weighted by molar-refractivity contribution is -0.131. The van der Waals surface area contributed by atoms with Crippen LogP contribution in [0.4, 0.5) is 10.1 Å². The molecule has 0 bridgehead atoms. The van der Waals surface area contributed by atoms with Crippen molar-refractivity contribution in [2.24, 2.45) is 0 Å². The van der Waals surface area contributed by atoms with Gasteiger partial charge in [0.1, 0.15) is 5.82 Å². The lowest BCUT2D eigenvalue weighted by Gasteiger charge is -2.40. The second-order valence-corrected chi connectivity index (χ2v) is 5.45. The number of morpholine rings is 1. The summed E-state index contributed by atoms with van der Waals surface area (Å²) in [4.78, 5) is 12.8. The first-order valence-corrected chi connectivity index (χ1v) is 7.24. The number of halogens is 1. The van der Waals surface area contributed by atoms with Gasteiger partial charge < -0.3 is 14.7 Å². The number of para-hydroxylation sites is 1. The number of anilines is 1. The van der Waals surface area contributed by atoms with Crippen LogP contribution in [0.15, 0.2) is 24.3 Å². The molecule has 1 N–H and O–H groups in total. The molecule has 4 nitrogen and oxygen atoms in total. The SMILES string of the molecule is O=C(O)/C=C/c1cccc(F)c1N1CCOC2CCCC21. The summed E-state index contributed by atoms with van der Waals surface area (Å²) in [5.41, 5.74) is 1.10. The van der Waals surface area contributed by atoms with Crippen molar-refractivity contribution in [3.8, 4) is 0 Å². The molecule has 1 saturated carbocycles. The van der Waals surface area contributed by atoms with Crippen molar-refractivity contribution in [3.63, 3.8) is 0 Å². The first-order valence-electron chi connectivity index (χ1n) is 7.24. The van der Waals surface area contributed by atoms with Gasteiger partial charge in [-0.1, -0.05) is 12.1 Å². The van der Waals surface area contributed by atoms with Gasteiger partial charge in [0, 0.05) is 18.2 Å². The van der Waals surface area contributed by atoms with Crippen LogP contribution in [0, 0.1) is 5.82 Å². The Morgan fingerprint density at radius 1 is 1.43 bits per heavy atom. The molecule has 1 saturated heterocycles. The molecule has 0 aromatic heterocycles. The van der Waals surface area contributed by atoms with Crippen LogP contribution in [-0.2, 0) is 9.53 Å². The zero-order valence-electron chi connectivity index (χ0n) is 11.7. The van der Waals surface area contributed by atoms with E-state index in [1.807, 2.05) is 0 Å². The minimum absolute atomic E-state index is 0.162. The van der Waals surface area contributed by atoms with Gasteiger partial charge in [-0.15, -0.1) is 0 Å². The van der Waals surface area contributed by atoms with Gasteiger partial charge in [0.05, 0.1) is 24.4 Å². The fraction of sp³-hybridized carbons (Fsp3) is 0.438. The molecule has 0 spiro atoms. The number of aliphatic carboxylic acids is 1. The summed E-state index contributed by atoms with van der Waals surface area (Å²) in [6.07, 6.45) is 5.75. The van der Waals surface area contributed by atoms with E-state index in [1.165, 1.54) is 12.1 Å². The maximum Gasteiger partial charge on any atom is 0.328 e. The normalized spacial score (nSPS) is 25.3. The standard InChI is InChI=1S/C16H18FNO3/c17-12-4-1-3-11(7-8-15(19)20)16(12)18-9-10-21-14-6-2-5-13(14)18/h1,3-4,7-8,13-14H,2,5-6,9-10H2,(H,19,20)/b8-7+. The molecule has 2 atom stereocenters. The first kappa shape index (κ1) is 14.1. The van der Waals surface area contributed by atoms with Crippen molar-refractivity contribution < 1.29 is 19.0 Å². The minimum atomic E-state index is -1.04. The van der Waals surface area contributed by atoms with Crippen LogP contribution in [-0.4, -0.2) is 36.4 Å². The summed E-state index contributed by atoms with van der Waals surface area (Å²) in [6.45, 7) is 1.22. The van der Waals surface area contributed by atoms with Crippen LogP contribution in [0.2, 0.25) is 0 Å². The molecule has 3 rings (SSSR count). The summed E-state index contributed by atoms with van der Waals surface area (Å²) in [5.74, 6) is -1.35. The highest BCUT2D eigenvalue weighted by molar-refractivity contribution is 5.87. The summed E-state index contributed by atoms with van der Waals surface area (Å²) < 4.78 is 20.1. The molecule has 1 aromatic rings. The van der Waals surface area contributed by atoms with Gasteiger partial charge in [0.25, 0.3) is 0 Å². The predicted octanol–water partition coefficient (Wildman–Crippen LogP) is 2.68. The Bertz CT molecular complexity index is 573. The molecule has 21 heavy (non-hydrogen) atoms. The Morgan fingerprint density at radius 3 is 3.10 bits per heavy atom. The number of carboxylic acid groups (broad SMARTS) is 1. The molecule has 2 fully saturated rings. The summed E-state index contributed by atoms with van der Waals surface area (Å²) in [5, 5.41) is 8.78. The largest absolute Gasteiger partial charge is 0.478 e. The van der Waals surface area contributed by atoms with E-state index in [1.54, 1.807) is 12.1 Å². The second-order valence-electron chi connectivity index (χ2n) is 5.45. The van der Waals surface area contributed by atoms with Gasteiger partial charge in [0.15, 0.2) is 0 Å². The number of ether oxygens (including phenoxy) is 1. The topological polar surface area (TPSA) is 49.8 Å². The third kappa shape index (κ3) is 2.78. The van der Waals surface area contributed by atoms with Crippen molar-refractivity contribution in [2.75, 3.05) is 18.1 Å². The molecule has 2 aliphatic rings. The van der Waals surface area contributed by atoms with E-state index >= 15 is 0 Å². The van der Waals surface area contributed by atoms with Crippen molar-refractivity contribution in [1.82, 2.24) is 0 Å². The number of carbonyl (C=O) groups is 1. The number of benzene rings is 1. The van der Waals surface area contributed by atoms with Crippen molar-refractivity contribution in [3.05, 3.63) is 35.7 Å².